The fraction of sp³-hybridized carbons (Fsp3) is 0.331. The molecule has 18 nitrogen and oxygen atoms in total. The third-order valence-corrected chi connectivity index (χ3v) is 14.5. The number of aliphatic hydroxyl groups is 3. The lowest BCUT2D eigenvalue weighted by Gasteiger charge is -2.00. The summed E-state index contributed by atoms with van der Waals surface area (Å²) in [5.74, 6) is 1.46. The molecular formula is C124H186O18. The zero-order chi connectivity index (χ0) is 111. The molecule has 0 bridgehead atoms. The molecular weight excluding hydrogens is 1780 g/mol. The van der Waals surface area contributed by atoms with Crippen LogP contribution in [0.4, 0.5) is 24.0 Å². The van der Waals surface area contributed by atoms with Gasteiger partial charge in [-0.05, 0) is 124 Å². The van der Waals surface area contributed by atoms with Crippen LogP contribution in [0.3, 0.4) is 0 Å². The van der Waals surface area contributed by atoms with Crippen molar-refractivity contribution in [3.8, 4) is 17.2 Å². The van der Waals surface area contributed by atoms with E-state index in [9.17, 15) is 24.0 Å². The maximum atomic E-state index is 10.5. The summed E-state index contributed by atoms with van der Waals surface area (Å²) in [6, 6.07) is 132. The summed E-state index contributed by atoms with van der Waals surface area (Å²) in [6.45, 7) is 52.0. The van der Waals surface area contributed by atoms with Gasteiger partial charge in [-0.3, -0.25) is 0 Å². The molecule has 0 aliphatic carbocycles. The van der Waals surface area contributed by atoms with E-state index in [2.05, 4.69) is 336 Å². The van der Waals surface area contributed by atoms with E-state index in [4.69, 9.17) is 29.5 Å². The van der Waals surface area contributed by atoms with Gasteiger partial charge in [0.05, 0.1) is 49.8 Å². The van der Waals surface area contributed by atoms with Crippen LogP contribution in [-0.2, 0) is 65.3 Å². The van der Waals surface area contributed by atoms with Crippen molar-refractivity contribution in [2.45, 2.75) is 212 Å². The molecule has 0 fully saturated rings. The van der Waals surface area contributed by atoms with Gasteiger partial charge in [0.15, 0.2) is 0 Å². The van der Waals surface area contributed by atoms with Crippen LogP contribution in [0.2, 0.25) is 0 Å². The lowest BCUT2D eigenvalue weighted by molar-refractivity contribution is 0.0915. The number of carbonyl (C=O) groups is 5. The minimum absolute atomic E-state index is 0.486. The van der Waals surface area contributed by atoms with Crippen LogP contribution in [0.25, 0.3) is 0 Å². The van der Waals surface area contributed by atoms with Crippen molar-refractivity contribution in [1.29, 1.82) is 0 Å². The molecule has 0 aliphatic heterocycles. The standard InChI is InChI=1S/5C13H12.3C8H8O3.2C3H6O3.13C2H6.3CH4O/c5*1-3-7-12(8-4-1)11-13-9-5-2-6-10-13;3*1-10-8(9)11-7-5-3-2-4-6-7;2*1-5-3(4)6-2;16*1-2/h5*1-10H,11H2;3*2-6H,1H3;2*1-2H3;13*1-2H3;3*2H,1H3. The molecule has 0 unspecified atom stereocenters. The maximum Gasteiger partial charge on any atom is 0.513 e. The molecule has 0 atom stereocenters. The number of methoxy groups -OCH3 is 7. The van der Waals surface area contributed by atoms with E-state index >= 15 is 0 Å². The summed E-state index contributed by atoms with van der Waals surface area (Å²) in [5.41, 5.74) is 13.7. The third-order valence-electron chi connectivity index (χ3n) is 14.5. The summed E-state index contributed by atoms with van der Waals surface area (Å²) < 4.78 is 43.1. The Morgan fingerprint density at radius 1 is 0.141 bits per heavy atom. The fourth-order valence-electron chi connectivity index (χ4n) is 9.18. The van der Waals surface area contributed by atoms with Crippen LogP contribution in [0.1, 0.15) is 236 Å². The van der Waals surface area contributed by atoms with Crippen molar-refractivity contribution in [3.05, 3.63) is 450 Å². The molecule has 0 amide bonds. The molecule has 0 saturated carbocycles. The van der Waals surface area contributed by atoms with Crippen molar-refractivity contribution in [2.24, 2.45) is 0 Å². The van der Waals surface area contributed by atoms with Crippen molar-refractivity contribution >= 4 is 30.8 Å². The van der Waals surface area contributed by atoms with Gasteiger partial charge in [0.1, 0.15) is 17.2 Å². The molecule has 790 valence electrons. The Kier molecular flexibility index (Phi) is 154. The molecule has 0 saturated heterocycles. The van der Waals surface area contributed by atoms with Crippen molar-refractivity contribution in [3.63, 3.8) is 0 Å². The molecule has 13 aromatic rings. The van der Waals surface area contributed by atoms with Gasteiger partial charge in [-0.2, -0.15) is 0 Å². The van der Waals surface area contributed by atoms with Crippen molar-refractivity contribution < 1.29 is 86.7 Å². The normalized spacial score (nSPS) is 7.82. The second kappa shape index (κ2) is 140. The molecule has 18 heteroatoms. The number of ether oxygens (including phenoxy) is 10. The number of benzene rings is 13. The predicted molar refractivity (Wildman–Crippen MR) is 608 cm³/mol. The molecule has 13 rings (SSSR count). The summed E-state index contributed by atoms with van der Waals surface area (Å²) in [4.78, 5) is 51.1. The number of para-hydroxylation sites is 3. The van der Waals surface area contributed by atoms with Crippen LogP contribution < -0.4 is 14.2 Å². The van der Waals surface area contributed by atoms with Gasteiger partial charge >= 0.3 is 30.8 Å². The highest BCUT2D eigenvalue weighted by Crippen LogP contribution is 2.15. The molecule has 3 N–H and O–H groups in total. The largest absolute Gasteiger partial charge is 0.513 e. The summed E-state index contributed by atoms with van der Waals surface area (Å²) in [6.07, 6.45) is 1.74. The van der Waals surface area contributed by atoms with Crippen LogP contribution in [0.15, 0.2) is 394 Å². The topological polar surface area (TPSA) is 238 Å². The second-order valence-corrected chi connectivity index (χ2v) is 22.7. The lowest BCUT2D eigenvalue weighted by atomic mass is 10.1. The molecule has 0 spiro atoms. The van der Waals surface area contributed by atoms with E-state index in [1.165, 1.54) is 105 Å². The van der Waals surface area contributed by atoms with Crippen LogP contribution >= 0.6 is 0 Å². The Morgan fingerprint density at radius 3 is 0.289 bits per heavy atom. The Bertz CT molecular complexity index is 3620. The maximum absolute atomic E-state index is 10.5. The zero-order valence-electron chi connectivity index (χ0n) is 93.5. The first-order chi connectivity index (χ1) is 69.8. The zero-order valence-corrected chi connectivity index (χ0v) is 93.5. The molecule has 0 heterocycles. The first kappa shape index (κ1) is 156. The highest BCUT2D eigenvalue weighted by atomic mass is 16.7. The van der Waals surface area contributed by atoms with Gasteiger partial charge < -0.3 is 62.7 Å². The number of carbonyl (C=O) groups excluding carboxylic acids is 5. The van der Waals surface area contributed by atoms with Crippen LogP contribution in [-0.4, -0.2) is 117 Å². The Hall–Kier alpha value is -13.9. The number of hydrogen-bond acceptors (Lipinski definition) is 18. The summed E-state index contributed by atoms with van der Waals surface area (Å²) >= 11 is 0. The summed E-state index contributed by atoms with van der Waals surface area (Å²) in [7, 11) is 11.8. The minimum Gasteiger partial charge on any atom is -0.438 e. The first-order valence-corrected chi connectivity index (χ1v) is 49.2. The van der Waals surface area contributed by atoms with Gasteiger partial charge in [-0.25, -0.2) is 24.0 Å². The highest BCUT2D eigenvalue weighted by Gasteiger charge is 2.04. The van der Waals surface area contributed by atoms with E-state index in [-0.39, 0.29) is 0 Å². The highest BCUT2D eigenvalue weighted by molar-refractivity contribution is 5.64. The van der Waals surface area contributed by atoms with Crippen molar-refractivity contribution in [1.82, 2.24) is 0 Å². The Balaban J connectivity index is -0.000000115. The fourth-order valence-corrected chi connectivity index (χ4v) is 9.18. The number of aliphatic hydroxyl groups excluding tert-OH is 3. The van der Waals surface area contributed by atoms with E-state index in [1.54, 1.807) is 72.8 Å². The van der Waals surface area contributed by atoms with E-state index in [0.717, 1.165) is 53.4 Å². The third kappa shape index (κ3) is 107. The second-order valence-electron chi connectivity index (χ2n) is 22.7. The van der Waals surface area contributed by atoms with Crippen LogP contribution in [0, 0.1) is 0 Å². The minimum atomic E-state index is -0.698. The molecule has 13 aromatic carbocycles. The molecule has 142 heavy (non-hydrogen) atoms. The SMILES string of the molecule is CC.CC.CC.CC.CC.CC.CC.CC.CC.CC.CC.CC.CC.CO.CO.CO.COC(=O)OC.COC(=O)OC.COC(=O)Oc1ccccc1.COC(=O)Oc1ccccc1.COC(=O)Oc1ccccc1.c1ccc(Cc2ccccc2)cc1.c1ccc(Cc2ccccc2)cc1.c1ccc(Cc2ccccc2)cc1.c1ccc(Cc2ccccc2)cc1.c1ccc(Cc2ccccc2)cc1. The lowest BCUT2D eigenvalue weighted by Crippen LogP contribution is -2.06. The Morgan fingerprint density at radius 2 is 0.218 bits per heavy atom. The monoisotopic (exact) mass is 1960 g/mol. The predicted octanol–water partition coefficient (Wildman–Crippen LogP) is 34.8. The molecule has 0 radical (unpaired) electrons. The first-order valence-electron chi connectivity index (χ1n) is 49.2. The molecule has 0 aromatic heterocycles. The van der Waals surface area contributed by atoms with E-state index in [0.29, 0.717) is 17.2 Å². The van der Waals surface area contributed by atoms with Gasteiger partial charge in [0.25, 0.3) is 0 Å². The van der Waals surface area contributed by atoms with Gasteiger partial charge in [-0.1, -0.05) is 538 Å². The average Bonchev–Trinajstić information content (AvgIpc) is 0.930. The molecule has 0 aliphatic rings. The van der Waals surface area contributed by atoms with Gasteiger partial charge in [-0.15, -0.1) is 0 Å². The Labute approximate surface area is 862 Å². The number of rotatable bonds is 13. The average molecular weight is 1960 g/mol. The van der Waals surface area contributed by atoms with Gasteiger partial charge in [0.2, 0.25) is 0 Å². The van der Waals surface area contributed by atoms with E-state index in [1.807, 2.05) is 198 Å². The quantitative estimate of drug-likeness (QED) is 0.0552. The summed E-state index contributed by atoms with van der Waals surface area (Å²) in [5, 5.41) is 21.0. The van der Waals surface area contributed by atoms with E-state index < -0.39 is 30.8 Å². The van der Waals surface area contributed by atoms with Crippen LogP contribution in [0.5, 0.6) is 17.2 Å². The number of hydrogen-bond donors (Lipinski definition) is 3. The van der Waals surface area contributed by atoms with Crippen molar-refractivity contribution in [2.75, 3.05) is 71.1 Å². The van der Waals surface area contributed by atoms with Gasteiger partial charge in [0, 0.05) is 21.3 Å². The smallest absolute Gasteiger partial charge is 0.438 e.